The molecule has 3 aromatic carbocycles. The smallest absolute Gasteiger partial charge is 0.261 e. The molecule has 0 bridgehead atoms. The average Bonchev–Trinajstić information content (AvgIpc) is 2.78. The zero-order valence-corrected chi connectivity index (χ0v) is 20.2. The van der Waals surface area contributed by atoms with Gasteiger partial charge in [-0.3, -0.25) is 9.52 Å². The van der Waals surface area contributed by atoms with E-state index in [-0.39, 0.29) is 10.8 Å². The molecule has 0 spiro atoms. The fourth-order valence-electron chi connectivity index (χ4n) is 3.93. The first-order valence-electron chi connectivity index (χ1n) is 10.7. The predicted octanol–water partition coefficient (Wildman–Crippen LogP) is 4.72. The number of hydrogen-bond acceptors (Lipinski definition) is 4. The SMILES string of the molecule is Cc1cccc(NS(=O)(=O)c2ccc(C)c(C(=O)N3CCN(c4cccc(Cl)c4)CC3)c2)c1. The molecule has 1 amide bonds. The van der Waals surface area contributed by atoms with Gasteiger partial charge in [0.1, 0.15) is 0 Å². The van der Waals surface area contributed by atoms with Crippen LogP contribution in [0.1, 0.15) is 21.5 Å². The summed E-state index contributed by atoms with van der Waals surface area (Å²) in [5.41, 5.74) is 3.61. The number of carbonyl (C=O) groups is 1. The van der Waals surface area contributed by atoms with E-state index in [0.29, 0.717) is 42.5 Å². The van der Waals surface area contributed by atoms with Crippen LogP contribution >= 0.6 is 11.6 Å². The van der Waals surface area contributed by atoms with Crippen LogP contribution in [-0.2, 0) is 10.0 Å². The Labute approximate surface area is 199 Å². The number of amides is 1. The number of aryl methyl sites for hydroxylation is 2. The van der Waals surface area contributed by atoms with E-state index in [1.807, 2.05) is 44.2 Å². The number of carbonyl (C=O) groups excluding carboxylic acids is 1. The third-order valence-electron chi connectivity index (χ3n) is 5.76. The third kappa shape index (κ3) is 5.31. The highest BCUT2D eigenvalue weighted by Crippen LogP contribution is 2.24. The van der Waals surface area contributed by atoms with Gasteiger partial charge in [-0.15, -0.1) is 0 Å². The average molecular weight is 484 g/mol. The maximum atomic E-state index is 13.3. The van der Waals surface area contributed by atoms with Gasteiger partial charge in [-0.05, 0) is 67.4 Å². The summed E-state index contributed by atoms with van der Waals surface area (Å²) in [6.07, 6.45) is 0. The van der Waals surface area contributed by atoms with E-state index in [9.17, 15) is 13.2 Å². The zero-order valence-electron chi connectivity index (χ0n) is 18.6. The molecule has 0 atom stereocenters. The largest absolute Gasteiger partial charge is 0.368 e. The molecule has 0 aromatic heterocycles. The van der Waals surface area contributed by atoms with Crippen molar-refractivity contribution < 1.29 is 13.2 Å². The van der Waals surface area contributed by atoms with Gasteiger partial charge in [0.15, 0.2) is 0 Å². The fourth-order valence-corrected chi connectivity index (χ4v) is 5.19. The van der Waals surface area contributed by atoms with E-state index in [4.69, 9.17) is 11.6 Å². The van der Waals surface area contributed by atoms with Crippen molar-refractivity contribution in [3.63, 3.8) is 0 Å². The number of halogens is 1. The summed E-state index contributed by atoms with van der Waals surface area (Å²) >= 11 is 6.11. The Balaban J connectivity index is 1.50. The first kappa shape index (κ1) is 23.1. The topological polar surface area (TPSA) is 69.7 Å². The van der Waals surface area contributed by atoms with Crippen molar-refractivity contribution in [3.8, 4) is 0 Å². The van der Waals surface area contributed by atoms with E-state index in [0.717, 1.165) is 16.8 Å². The molecule has 1 saturated heterocycles. The number of nitrogens with one attached hydrogen (secondary N) is 1. The fraction of sp³-hybridized carbons (Fsp3) is 0.240. The van der Waals surface area contributed by atoms with Crippen molar-refractivity contribution in [2.45, 2.75) is 18.7 Å². The maximum absolute atomic E-state index is 13.3. The van der Waals surface area contributed by atoms with Crippen molar-refractivity contribution in [1.82, 2.24) is 4.90 Å². The molecule has 33 heavy (non-hydrogen) atoms. The number of hydrogen-bond donors (Lipinski definition) is 1. The molecular weight excluding hydrogens is 458 g/mol. The number of sulfonamides is 1. The lowest BCUT2D eigenvalue weighted by molar-refractivity contribution is 0.0746. The van der Waals surface area contributed by atoms with Crippen LogP contribution in [0.5, 0.6) is 0 Å². The molecule has 3 aromatic rings. The van der Waals surface area contributed by atoms with Gasteiger partial charge < -0.3 is 9.80 Å². The minimum atomic E-state index is -3.82. The standard InChI is InChI=1S/C25H26ClN3O3S/c1-18-5-3-7-21(15-18)27-33(31,32)23-10-9-19(2)24(17-23)25(30)29-13-11-28(12-14-29)22-8-4-6-20(26)16-22/h3-10,15-17,27H,11-14H2,1-2H3. The Kier molecular flexibility index (Phi) is 6.63. The van der Waals surface area contributed by atoms with Gasteiger partial charge in [-0.25, -0.2) is 8.42 Å². The third-order valence-corrected chi connectivity index (χ3v) is 7.37. The molecule has 4 rings (SSSR count). The number of anilines is 2. The number of rotatable bonds is 5. The summed E-state index contributed by atoms with van der Waals surface area (Å²) < 4.78 is 28.5. The molecule has 8 heteroatoms. The Morgan fingerprint density at radius 3 is 2.33 bits per heavy atom. The lowest BCUT2D eigenvalue weighted by Crippen LogP contribution is -2.49. The van der Waals surface area contributed by atoms with E-state index in [2.05, 4.69) is 9.62 Å². The minimum Gasteiger partial charge on any atom is -0.368 e. The van der Waals surface area contributed by atoms with Crippen molar-refractivity contribution >= 4 is 38.9 Å². The predicted molar refractivity (Wildman–Crippen MR) is 133 cm³/mol. The molecule has 0 aliphatic carbocycles. The van der Waals surface area contributed by atoms with Gasteiger partial charge >= 0.3 is 0 Å². The molecule has 1 heterocycles. The second-order valence-corrected chi connectivity index (χ2v) is 10.3. The molecule has 0 radical (unpaired) electrons. The summed E-state index contributed by atoms with van der Waals surface area (Å²) in [5.74, 6) is -0.161. The highest BCUT2D eigenvalue weighted by Gasteiger charge is 2.25. The first-order chi connectivity index (χ1) is 15.7. The molecule has 1 fully saturated rings. The second-order valence-electron chi connectivity index (χ2n) is 8.21. The highest BCUT2D eigenvalue weighted by molar-refractivity contribution is 7.92. The quantitative estimate of drug-likeness (QED) is 0.570. The monoisotopic (exact) mass is 483 g/mol. The van der Waals surface area contributed by atoms with Crippen LogP contribution in [0.2, 0.25) is 5.02 Å². The molecule has 1 aliphatic heterocycles. The maximum Gasteiger partial charge on any atom is 0.261 e. The molecule has 0 saturated carbocycles. The molecule has 0 unspecified atom stereocenters. The van der Waals surface area contributed by atoms with Crippen molar-refractivity contribution in [2.75, 3.05) is 35.8 Å². The number of nitrogens with zero attached hydrogens (tertiary/aromatic N) is 2. The van der Waals surface area contributed by atoms with Crippen LogP contribution in [0.3, 0.4) is 0 Å². The van der Waals surface area contributed by atoms with E-state index >= 15 is 0 Å². The van der Waals surface area contributed by atoms with Crippen LogP contribution < -0.4 is 9.62 Å². The molecule has 1 N–H and O–H groups in total. The van der Waals surface area contributed by atoms with Crippen molar-refractivity contribution in [2.24, 2.45) is 0 Å². The second kappa shape index (κ2) is 9.45. The normalized spacial score (nSPS) is 14.3. The summed E-state index contributed by atoms with van der Waals surface area (Å²) in [7, 11) is -3.82. The summed E-state index contributed by atoms with van der Waals surface area (Å²) in [5, 5.41) is 0.680. The lowest BCUT2D eigenvalue weighted by Gasteiger charge is -2.36. The van der Waals surface area contributed by atoms with Crippen LogP contribution in [0.4, 0.5) is 11.4 Å². The Bertz CT molecular complexity index is 1290. The van der Waals surface area contributed by atoms with Gasteiger partial charge in [-0.1, -0.05) is 35.9 Å². The molecular formula is C25H26ClN3O3S. The number of benzene rings is 3. The Hall–Kier alpha value is -3.03. The van der Waals surface area contributed by atoms with Gasteiger partial charge in [0.2, 0.25) is 0 Å². The van der Waals surface area contributed by atoms with E-state index in [1.54, 1.807) is 29.2 Å². The summed E-state index contributed by atoms with van der Waals surface area (Å²) in [6.45, 7) is 6.16. The van der Waals surface area contributed by atoms with Crippen molar-refractivity contribution in [1.29, 1.82) is 0 Å². The Morgan fingerprint density at radius 2 is 1.64 bits per heavy atom. The van der Waals surface area contributed by atoms with Gasteiger partial charge in [0.25, 0.3) is 15.9 Å². The highest BCUT2D eigenvalue weighted by atomic mass is 35.5. The van der Waals surface area contributed by atoms with Gasteiger partial charge in [-0.2, -0.15) is 0 Å². The van der Waals surface area contributed by atoms with Gasteiger partial charge in [0.05, 0.1) is 4.90 Å². The Morgan fingerprint density at radius 1 is 0.909 bits per heavy atom. The summed E-state index contributed by atoms with van der Waals surface area (Å²) in [6, 6.07) is 19.5. The molecule has 172 valence electrons. The van der Waals surface area contributed by atoms with Crippen molar-refractivity contribution in [3.05, 3.63) is 88.4 Å². The summed E-state index contributed by atoms with van der Waals surface area (Å²) in [4.78, 5) is 17.3. The minimum absolute atomic E-state index is 0.0653. The van der Waals surface area contributed by atoms with Crippen LogP contribution in [0.15, 0.2) is 71.6 Å². The zero-order chi connectivity index (χ0) is 23.6. The number of piperazine rings is 1. The van der Waals surface area contributed by atoms with Crippen LogP contribution in [0.25, 0.3) is 0 Å². The molecule has 1 aliphatic rings. The van der Waals surface area contributed by atoms with E-state index < -0.39 is 10.0 Å². The van der Waals surface area contributed by atoms with Crippen LogP contribution in [-0.4, -0.2) is 45.4 Å². The first-order valence-corrected chi connectivity index (χ1v) is 12.6. The van der Waals surface area contributed by atoms with Crippen LogP contribution in [0, 0.1) is 13.8 Å². The van der Waals surface area contributed by atoms with Gasteiger partial charge in [0, 0.05) is 48.1 Å². The lowest BCUT2D eigenvalue weighted by atomic mass is 10.1. The van der Waals surface area contributed by atoms with E-state index in [1.165, 1.54) is 12.1 Å². The molecule has 6 nitrogen and oxygen atoms in total.